The van der Waals surface area contributed by atoms with E-state index in [4.69, 9.17) is 9.57 Å². The van der Waals surface area contributed by atoms with E-state index in [0.29, 0.717) is 4.68 Å². The Balaban J connectivity index is 2.38. The minimum Gasteiger partial charge on any atom is -0.495 e. The van der Waals surface area contributed by atoms with Gasteiger partial charge in [0.25, 0.3) is 10.0 Å². The molecule has 0 unspecified atom stereocenters. The first-order valence-electron chi connectivity index (χ1n) is 6.95. The molecule has 1 amide bonds. The van der Waals surface area contributed by atoms with Gasteiger partial charge in [-0.15, -0.1) is 14.5 Å². The van der Waals surface area contributed by atoms with E-state index in [2.05, 4.69) is 5.10 Å². The second-order valence-electron chi connectivity index (χ2n) is 4.45. The van der Waals surface area contributed by atoms with Crippen molar-refractivity contribution in [1.82, 2.24) is 19.2 Å². The van der Waals surface area contributed by atoms with Crippen LogP contribution in [-0.2, 0) is 10.0 Å². The number of methoxy groups -OCH3 is 1. The maximum atomic E-state index is 12.4. The van der Waals surface area contributed by atoms with E-state index in [1.807, 2.05) is 0 Å². The Morgan fingerprint density at radius 2 is 2.04 bits per heavy atom. The highest BCUT2D eigenvalue weighted by molar-refractivity contribution is 7.98. The average Bonchev–Trinajstić information content (AvgIpc) is 2.91. The van der Waals surface area contributed by atoms with Crippen LogP contribution in [0.4, 0.5) is 4.79 Å². The molecule has 0 aliphatic rings. The van der Waals surface area contributed by atoms with Gasteiger partial charge in [0, 0.05) is 0 Å². The van der Waals surface area contributed by atoms with E-state index in [-0.39, 0.29) is 22.4 Å². The average molecular weight is 388 g/mol. The minimum absolute atomic E-state index is 0.0554. The van der Waals surface area contributed by atoms with Crippen molar-refractivity contribution < 1.29 is 22.8 Å². The summed E-state index contributed by atoms with van der Waals surface area (Å²) >= 11 is 1.06. The van der Waals surface area contributed by atoms with Crippen molar-refractivity contribution in [2.75, 3.05) is 20.0 Å². The van der Waals surface area contributed by atoms with Gasteiger partial charge < -0.3 is 9.57 Å². The number of carbonyl (C=O) groups excluding carboxylic acids is 1. The van der Waals surface area contributed by atoms with Gasteiger partial charge in [-0.25, -0.2) is 22.7 Å². The fourth-order valence-electron chi connectivity index (χ4n) is 1.89. The first-order valence-corrected chi connectivity index (χ1v) is 9.66. The monoisotopic (exact) mass is 388 g/mol. The number of nitrogens with zero attached hydrogens (tertiary/aromatic N) is 3. The number of hydrogen-bond donors (Lipinski definition) is 1. The lowest BCUT2D eigenvalue weighted by Crippen LogP contribution is -2.41. The second kappa shape index (κ2) is 7.61. The van der Waals surface area contributed by atoms with Crippen molar-refractivity contribution in [2.45, 2.75) is 17.0 Å². The molecule has 0 spiro atoms. The molecular formula is C13H16N4O6S2. The SMILES string of the molecule is CCOn1c(SC)nn(C(=O)NS(=O)(=O)c2ccccc2OC)c1=O. The van der Waals surface area contributed by atoms with Crippen molar-refractivity contribution in [3.63, 3.8) is 0 Å². The lowest BCUT2D eigenvalue weighted by atomic mass is 10.3. The third kappa shape index (κ3) is 3.79. The van der Waals surface area contributed by atoms with Gasteiger partial charge in [-0.2, -0.15) is 0 Å². The Morgan fingerprint density at radius 1 is 1.36 bits per heavy atom. The highest BCUT2D eigenvalue weighted by Crippen LogP contribution is 2.22. The molecule has 0 fully saturated rings. The molecule has 1 aromatic carbocycles. The zero-order chi connectivity index (χ0) is 18.6. The van der Waals surface area contributed by atoms with Crippen LogP contribution in [0.1, 0.15) is 6.92 Å². The maximum Gasteiger partial charge on any atom is 0.388 e. The lowest BCUT2D eigenvalue weighted by molar-refractivity contribution is 0.0935. The fraction of sp³-hybridized carbons (Fsp3) is 0.308. The lowest BCUT2D eigenvalue weighted by Gasteiger charge is -2.09. The summed E-state index contributed by atoms with van der Waals surface area (Å²) in [6.07, 6.45) is 1.63. The molecule has 0 radical (unpaired) electrons. The molecule has 1 N–H and O–H groups in total. The smallest absolute Gasteiger partial charge is 0.388 e. The van der Waals surface area contributed by atoms with Crippen LogP contribution in [0.5, 0.6) is 5.75 Å². The third-order valence-electron chi connectivity index (χ3n) is 2.93. The quantitative estimate of drug-likeness (QED) is 0.695. The summed E-state index contributed by atoms with van der Waals surface area (Å²) in [7, 11) is -2.97. The van der Waals surface area contributed by atoms with Gasteiger partial charge >= 0.3 is 11.7 Å². The predicted molar refractivity (Wildman–Crippen MR) is 89.5 cm³/mol. The Labute approximate surface area is 147 Å². The molecule has 10 nitrogen and oxygen atoms in total. The number of carbonyl (C=O) groups is 1. The van der Waals surface area contributed by atoms with E-state index < -0.39 is 21.7 Å². The summed E-state index contributed by atoms with van der Waals surface area (Å²) in [5.74, 6) is 0.0554. The van der Waals surface area contributed by atoms with Crippen molar-refractivity contribution >= 4 is 27.8 Å². The second-order valence-corrected chi connectivity index (χ2v) is 6.88. The molecule has 12 heteroatoms. The molecule has 0 saturated heterocycles. The topological polar surface area (TPSA) is 122 Å². The summed E-state index contributed by atoms with van der Waals surface area (Å²) in [6, 6.07) is 4.52. The van der Waals surface area contributed by atoms with E-state index in [1.165, 1.54) is 25.3 Å². The molecule has 2 aromatic rings. The Hall–Kier alpha value is -2.47. The standard InChI is InChI=1S/C13H16N4O6S2/c1-4-23-17-12(24-3)14-16(13(17)19)11(18)15-25(20,21)10-8-6-5-7-9(10)22-2/h5-8H,4H2,1-3H3,(H,15,18). The van der Waals surface area contributed by atoms with Crippen LogP contribution in [0.25, 0.3) is 0 Å². The van der Waals surface area contributed by atoms with Crippen molar-refractivity contribution in [1.29, 1.82) is 0 Å². The van der Waals surface area contributed by atoms with Crippen LogP contribution in [0.2, 0.25) is 0 Å². The zero-order valence-electron chi connectivity index (χ0n) is 13.6. The molecule has 25 heavy (non-hydrogen) atoms. The molecule has 2 rings (SSSR count). The van der Waals surface area contributed by atoms with Gasteiger partial charge in [-0.05, 0) is 25.3 Å². The van der Waals surface area contributed by atoms with Gasteiger partial charge in [0.2, 0.25) is 5.16 Å². The van der Waals surface area contributed by atoms with Crippen molar-refractivity contribution in [2.24, 2.45) is 0 Å². The first-order chi connectivity index (χ1) is 11.9. The Bertz CT molecular complexity index is 934. The van der Waals surface area contributed by atoms with Crippen LogP contribution in [0.15, 0.2) is 39.1 Å². The van der Waals surface area contributed by atoms with Crippen LogP contribution in [-0.4, -0.2) is 48.9 Å². The molecule has 1 aromatic heterocycles. The number of aromatic nitrogens is 3. The molecule has 0 saturated carbocycles. The van der Waals surface area contributed by atoms with E-state index >= 15 is 0 Å². The summed E-state index contributed by atoms with van der Waals surface area (Å²) in [5, 5.41) is 3.87. The summed E-state index contributed by atoms with van der Waals surface area (Å²) < 4.78 is 32.8. The van der Waals surface area contributed by atoms with Gasteiger partial charge in [0.05, 0.1) is 7.11 Å². The molecule has 0 atom stereocenters. The first kappa shape index (κ1) is 18.9. The maximum absolute atomic E-state index is 12.4. The number of para-hydroxylation sites is 1. The highest BCUT2D eigenvalue weighted by Gasteiger charge is 2.26. The zero-order valence-corrected chi connectivity index (χ0v) is 15.3. The Kier molecular flexibility index (Phi) is 5.74. The number of benzene rings is 1. The normalized spacial score (nSPS) is 11.2. The molecule has 0 aliphatic carbocycles. The van der Waals surface area contributed by atoms with E-state index in [9.17, 15) is 18.0 Å². The number of sulfonamides is 1. The summed E-state index contributed by atoms with van der Waals surface area (Å²) in [4.78, 5) is 29.3. The van der Waals surface area contributed by atoms with Crippen LogP contribution in [0, 0.1) is 0 Å². The van der Waals surface area contributed by atoms with Gasteiger partial charge in [0.15, 0.2) is 0 Å². The number of thioether (sulfide) groups is 1. The predicted octanol–water partition coefficient (Wildman–Crippen LogP) is 0.170. The molecular weight excluding hydrogens is 372 g/mol. The highest BCUT2D eigenvalue weighted by atomic mass is 32.2. The Morgan fingerprint density at radius 3 is 2.64 bits per heavy atom. The van der Waals surface area contributed by atoms with Gasteiger partial charge in [-0.3, -0.25) is 0 Å². The summed E-state index contributed by atoms with van der Waals surface area (Å²) in [5.41, 5.74) is -0.918. The van der Waals surface area contributed by atoms with Crippen LogP contribution >= 0.6 is 11.8 Å². The van der Waals surface area contributed by atoms with E-state index in [1.54, 1.807) is 24.0 Å². The van der Waals surface area contributed by atoms with Crippen molar-refractivity contribution in [3.8, 4) is 5.75 Å². The number of hydrogen-bond acceptors (Lipinski definition) is 8. The largest absolute Gasteiger partial charge is 0.495 e. The number of nitrogens with one attached hydrogen (secondary N) is 1. The van der Waals surface area contributed by atoms with Crippen molar-refractivity contribution in [3.05, 3.63) is 34.7 Å². The molecule has 0 bridgehead atoms. The number of amides is 1. The number of ether oxygens (including phenoxy) is 1. The molecule has 1 heterocycles. The van der Waals surface area contributed by atoms with Crippen LogP contribution in [0.3, 0.4) is 0 Å². The molecule has 0 aliphatic heterocycles. The minimum atomic E-state index is -4.27. The fourth-order valence-corrected chi connectivity index (χ4v) is 3.45. The van der Waals surface area contributed by atoms with Gasteiger partial charge in [0.1, 0.15) is 17.3 Å². The molecule has 136 valence electrons. The number of rotatable bonds is 6. The third-order valence-corrected chi connectivity index (χ3v) is 4.90. The summed E-state index contributed by atoms with van der Waals surface area (Å²) in [6.45, 7) is 1.82. The van der Waals surface area contributed by atoms with Gasteiger partial charge in [-0.1, -0.05) is 23.9 Å². The van der Waals surface area contributed by atoms with Crippen LogP contribution < -0.4 is 20.0 Å². The van der Waals surface area contributed by atoms with E-state index in [0.717, 1.165) is 16.5 Å².